The predicted molar refractivity (Wildman–Crippen MR) is 381 cm³/mol. The number of carbonyl (C=O) groups excluding carboxylic acids is 3. The zero-order valence-corrected chi connectivity index (χ0v) is 61.2. The lowest BCUT2D eigenvalue weighted by Gasteiger charge is -2.21. The zero-order chi connectivity index (χ0) is 68.1. The fourth-order valence-corrected chi connectivity index (χ4v) is 12.3. The average Bonchev–Trinajstić information content (AvgIpc) is 3.63. The van der Waals surface area contributed by atoms with E-state index in [1.165, 1.54) is 212 Å². The number of phosphoric ester groups is 2. The number of carbonyl (C=O) groups is 3. The molecular weight excluding hydrogens is 1220 g/mol. The van der Waals surface area contributed by atoms with E-state index in [0.717, 1.165) is 83.5 Å². The van der Waals surface area contributed by atoms with Gasteiger partial charge in [0.15, 0.2) is 6.10 Å². The first-order chi connectivity index (χ1) is 45.2. The normalized spacial score (nSPS) is 14.4. The van der Waals surface area contributed by atoms with Gasteiger partial charge < -0.3 is 34.2 Å². The Morgan fingerprint density at radius 2 is 0.538 bits per heavy atom. The number of hydrogen-bond acceptors (Lipinski definition) is 14. The molecule has 0 aromatic heterocycles. The lowest BCUT2D eigenvalue weighted by atomic mass is 10.0. The second-order valence-electron chi connectivity index (χ2n) is 25.8. The summed E-state index contributed by atoms with van der Waals surface area (Å²) in [7, 11) is -9.75. The van der Waals surface area contributed by atoms with Crippen LogP contribution in [0.5, 0.6) is 0 Å². The van der Waals surface area contributed by atoms with Gasteiger partial charge in [0.2, 0.25) is 0 Å². The number of hydrogen-bond donors (Lipinski definition) is 4. The molecule has 93 heavy (non-hydrogen) atoms. The topological polar surface area (TPSA) is 231 Å². The van der Waals surface area contributed by atoms with Crippen molar-refractivity contribution < 1.29 is 75.8 Å². The number of esters is 3. The summed E-state index contributed by atoms with van der Waals surface area (Å²) in [5, 5.41) is 20.6. The van der Waals surface area contributed by atoms with Crippen LogP contribution in [-0.4, -0.2) is 95.9 Å². The Balaban J connectivity index is 4.19. The molecule has 0 bridgehead atoms. The van der Waals surface area contributed by atoms with Crippen molar-refractivity contribution in [3.05, 3.63) is 48.6 Å². The van der Waals surface area contributed by atoms with E-state index in [9.17, 15) is 43.5 Å². The fourth-order valence-electron chi connectivity index (χ4n) is 10.7. The highest BCUT2D eigenvalue weighted by Gasteiger charge is 2.29. The molecule has 0 aliphatic heterocycles. The van der Waals surface area contributed by atoms with Crippen molar-refractivity contribution >= 4 is 33.6 Å². The molecule has 0 aromatic carbocycles. The van der Waals surface area contributed by atoms with E-state index in [4.69, 9.17) is 32.3 Å². The van der Waals surface area contributed by atoms with Crippen LogP contribution in [0.25, 0.3) is 0 Å². The highest BCUT2D eigenvalue weighted by molar-refractivity contribution is 7.47. The average molecular weight is 1360 g/mol. The van der Waals surface area contributed by atoms with Crippen molar-refractivity contribution in [1.29, 1.82) is 0 Å². The maximum absolute atomic E-state index is 12.8. The molecule has 16 nitrogen and oxygen atoms in total. The number of aliphatic hydroxyl groups is 2. The molecule has 0 saturated heterocycles. The predicted octanol–water partition coefficient (Wildman–Crippen LogP) is 21.5. The molecule has 0 spiro atoms. The molecule has 0 aromatic rings. The third-order valence-electron chi connectivity index (χ3n) is 16.6. The van der Waals surface area contributed by atoms with Gasteiger partial charge in [0.25, 0.3) is 0 Å². The first-order valence-corrected chi connectivity index (χ1v) is 40.9. The summed E-state index contributed by atoms with van der Waals surface area (Å²) in [5.41, 5.74) is 0. The molecule has 0 heterocycles. The summed E-state index contributed by atoms with van der Waals surface area (Å²) in [6.45, 7) is 2.68. The van der Waals surface area contributed by atoms with Gasteiger partial charge in [-0.3, -0.25) is 32.5 Å². The summed E-state index contributed by atoms with van der Waals surface area (Å²) in [6, 6.07) is 0. The highest BCUT2D eigenvalue weighted by Crippen LogP contribution is 2.45. The molecule has 546 valence electrons. The standard InChI is InChI=1S/C75H140O16P2/c1-4-7-10-13-16-19-22-23-24-25-26-27-28-29-30-31-32-33-34-35-36-37-38-39-40-41-42-43-44-45-48-50-52-55-58-61-73(78)85-64-70(76)65-87-92(81,82)88-66-71(77)67-89-93(83,84)90-69-72(91-75(80)63-60-57-54-51-47-21-18-15-12-9-6-3)68-86-74(79)62-59-56-53-49-46-20-17-14-11-8-5-2/h16,19,23-24,26-27,29-30,70-72,76-77H,4-15,17-18,20-22,25,28,31-69H2,1-3H3,(H,81,82)(H,83,84)/b19-16-,24-23-,27-26-,30-29-. The molecule has 0 radical (unpaired) electrons. The van der Waals surface area contributed by atoms with Crippen LogP contribution in [0.2, 0.25) is 0 Å². The van der Waals surface area contributed by atoms with E-state index in [1.807, 2.05) is 0 Å². The Morgan fingerprint density at radius 1 is 0.301 bits per heavy atom. The SMILES string of the molecule is CCCCC/C=C\C/C=C\C/C=C\C/C=C\CCCCCCCCCCCCCCCCCCCCCC(=O)OCC(O)COP(=O)(O)OCC(O)COP(=O)(O)OCC(COC(=O)CCCCCCCCCCCCC)OC(=O)CCCCCCCCCCCCC. The van der Waals surface area contributed by atoms with Gasteiger partial charge in [-0.1, -0.05) is 320 Å². The molecule has 18 heteroatoms. The number of unbranched alkanes of at least 4 members (excludes halogenated alkanes) is 42. The van der Waals surface area contributed by atoms with Crippen molar-refractivity contribution in [2.45, 2.75) is 373 Å². The molecule has 0 fully saturated rings. The van der Waals surface area contributed by atoms with Gasteiger partial charge in [0.1, 0.15) is 25.4 Å². The van der Waals surface area contributed by atoms with Gasteiger partial charge in [-0.15, -0.1) is 0 Å². The second-order valence-corrected chi connectivity index (χ2v) is 28.7. The first kappa shape index (κ1) is 90.5. The summed E-state index contributed by atoms with van der Waals surface area (Å²) < 4.78 is 60.8. The molecule has 5 atom stereocenters. The zero-order valence-electron chi connectivity index (χ0n) is 59.4. The van der Waals surface area contributed by atoms with Gasteiger partial charge in [0, 0.05) is 19.3 Å². The first-order valence-electron chi connectivity index (χ1n) is 37.9. The summed E-state index contributed by atoms with van der Waals surface area (Å²) in [4.78, 5) is 58.2. The van der Waals surface area contributed by atoms with Crippen molar-refractivity contribution in [2.24, 2.45) is 0 Å². The second kappa shape index (κ2) is 69.4. The number of aliphatic hydroxyl groups excluding tert-OH is 2. The molecule has 5 unspecified atom stereocenters. The minimum Gasteiger partial charge on any atom is -0.463 e. The van der Waals surface area contributed by atoms with Crippen LogP contribution in [0.4, 0.5) is 0 Å². The van der Waals surface area contributed by atoms with Crippen molar-refractivity contribution in [1.82, 2.24) is 0 Å². The minimum absolute atomic E-state index is 0.114. The maximum atomic E-state index is 12.8. The molecular formula is C75H140O16P2. The molecule has 0 aliphatic carbocycles. The van der Waals surface area contributed by atoms with E-state index in [-0.39, 0.29) is 19.3 Å². The Bertz CT molecular complexity index is 1890. The Labute approximate surface area is 568 Å². The lowest BCUT2D eigenvalue weighted by Crippen LogP contribution is -2.30. The maximum Gasteiger partial charge on any atom is 0.472 e. The van der Waals surface area contributed by atoms with Gasteiger partial charge in [-0.05, 0) is 64.2 Å². The molecule has 4 N–H and O–H groups in total. The van der Waals surface area contributed by atoms with Crippen LogP contribution in [0.1, 0.15) is 355 Å². The van der Waals surface area contributed by atoms with Crippen molar-refractivity contribution in [2.75, 3.05) is 39.6 Å². The van der Waals surface area contributed by atoms with E-state index < -0.39 is 91.5 Å². The van der Waals surface area contributed by atoms with Gasteiger partial charge in [-0.2, -0.15) is 0 Å². The summed E-state index contributed by atoms with van der Waals surface area (Å²) >= 11 is 0. The molecule has 0 rings (SSSR count). The molecule has 0 aliphatic rings. The largest absolute Gasteiger partial charge is 0.472 e. The third kappa shape index (κ3) is 70.6. The Kier molecular flexibility index (Phi) is 67.6. The van der Waals surface area contributed by atoms with E-state index >= 15 is 0 Å². The van der Waals surface area contributed by atoms with Crippen LogP contribution >= 0.6 is 15.6 Å². The lowest BCUT2D eigenvalue weighted by molar-refractivity contribution is -0.161. The number of rotatable bonds is 73. The van der Waals surface area contributed by atoms with Crippen LogP contribution in [0.3, 0.4) is 0 Å². The molecule has 0 amide bonds. The highest BCUT2D eigenvalue weighted by atomic mass is 31.2. The number of ether oxygens (including phenoxy) is 3. The molecule has 0 saturated carbocycles. The van der Waals surface area contributed by atoms with Crippen LogP contribution in [0.15, 0.2) is 48.6 Å². The Hall–Kier alpha value is -2.49. The van der Waals surface area contributed by atoms with E-state index in [2.05, 4.69) is 69.4 Å². The summed E-state index contributed by atoms with van der Waals surface area (Å²) in [5.74, 6) is -1.55. The summed E-state index contributed by atoms with van der Waals surface area (Å²) in [6.07, 6.45) is 72.1. The van der Waals surface area contributed by atoms with Gasteiger partial charge in [0.05, 0.1) is 26.4 Å². The Morgan fingerprint density at radius 3 is 0.871 bits per heavy atom. The van der Waals surface area contributed by atoms with Crippen LogP contribution < -0.4 is 0 Å². The quantitative estimate of drug-likeness (QED) is 0.0146. The number of phosphoric acid groups is 2. The smallest absolute Gasteiger partial charge is 0.463 e. The van der Waals surface area contributed by atoms with E-state index in [0.29, 0.717) is 19.3 Å². The van der Waals surface area contributed by atoms with Gasteiger partial charge in [-0.25, -0.2) is 9.13 Å². The van der Waals surface area contributed by atoms with E-state index in [1.54, 1.807) is 0 Å². The van der Waals surface area contributed by atoms with Crippen molar-refractivity contribution in [3.8, 4) is 0 Å². The minimum atomic E-state index is -4.91. The van der Waals surface area contributed by atoms with Gasteiger partial charge >= 0.3 is 33.6 Å². The monoisotopic (exact) mass is 1360 g/mol. The van der Waals surface area contributed by atoms with Crippen molar-refractivity contribution in [3.63, 3.8) is 0 Å². The van der Waals surface area contributed by atoms with Crippen LogP contribution in [-0.2, 0) is 55.8 Å². The number of allylic oxidation sites excluding steroid dienone is 8. The third-order valence-corrected chi connectivity index (χ3v) is 18.5. The fraction of sp³-hybridized carbons (Fsp3) is 0.853. The van der Waals surface area contributed by atoms with Crippen LogP contribution in [0, 0.1) is 0 Å².